The molecule has 0 aromatic carbocycles. The van der Waals surface area contributed by atoms with Crippen molar-refractivity contribution in [2.45, 2.75) is 32.7 Å². The summed E-state index contributed by atoms with van der Waals surface area (Å²) in [7, 11) is 0. The van der Waals surface area contributed by atoms with E-state index in [2.05, 4.69) is 4.90 Å². The van der Waals surface area contributed by atoms with Gasteiger partial charge in [0.25, 0.3) is 0 Å². The molecule has 2 fully saturated rings. The summed E-state index contributed by atoms with van der Waals surface area (Å²) in [4.78, 5) is 40.5. The third-order valence-electron chi connectivity index (χ3n) is 4.83. The fourth-order valence-corrected chi connectivity index (χ4v) is 3.38. The Hall–Kier alpha value is -1.63. The molecular weight excluding hydrogens is 284 g/mol. The molecular formula is C15H26N4O3. The number of rotatable bonds is 2. The summed E-state index contributed by atoms with van der Waals surface area (Å²) >= 11 is 0. The minimum atomic E-state index is -0.348. The topological polar surface area (TPSA) is 87.0 Å². The highest BCUT2D eigenvalue weighted by Crippen LogP contribution is 2.20. The minimum absolute atomic E-state index is 0.0144. The maximum absolute atomic E-state index is 11.6. The van der Waals surface area contributed by atoms with E-state index in [4.69, 9.17) is 5.73 Å². The molecule has 7 heteroatoms. The number of hydrogen-bond donors (Lipinski definition) is 1. The van der Waals surface area contributed by atoms with Crippen LogP contribution in [0.1, 0.15) is 26.7 Å². The van der Waals surface area contributed by atoms with Gasteiger partial charge in [0.15, 0.2) is 0 Å². The van der Waals surface area contributed by atoms with Gasteiger partial charge in [-0.3, -0.25) is 19.3 Å². The van der Waals surface area contributed by atoms with Crippen LogP contribution in [0.25, 0.3) is 0 Å². The first-order valence-corrected chi connectivity index (χ1v) is 7.93. The molecule has 0 radical (unpaired) electrons. The maximum atomic E-state index is 11.6. The Kier molecular flexibility index (Phi) is 5.39. The molecule has 2 aliphatic rings. The van der Waals surface area contributed by atoms with E-state index in [1.165, 1.54) is 6.92 Å². The Bertz CT molecular complexity index is 446. The number of carbonyl (C=O) groups excluding carboxylic acids is 3. The lowest BCUT2D eigenvalue weighted by atomic mass is 10.0. The van der Waals surface area contributed by atoms with Crippen LogP contribution < -0.4 is 5.73 Å². The van der Waals surface area contributed by atoms with Gasteiger partial charge in [-0.05, 0) is 12.8 Å². The number of primary amides is 1. The van der Waals surface area contributed by atoms with Gasteiger partial charge in [-0.15, -0.1) is 0 Å². The minimum Gasteiger partial charge on any atom is -0.369 e. The number of nitrogens with two attached hydrogens (primary N) is 1. The molecule has 2 saturated heterocycles. The quantitative estimate of drug-likeness (QED) is 0.728. The Labute approximate surface area is 131 Å². The zero-order valence-electron chi connectivity index (χ0n) is 13.5. The molecule has 0 bridgehead atoms. The third-order valence-corrected chi connectivity index (χ3v) is 4.83. The monoisotopic (exact) mass is 310 g/mol. The number of likely N-dealkylation sites (tertiary alicyclic amines) is 1. The Morgan fingerprint density at radius 3 is 1.95 bits per heavy atom. The van der Waals surface area contributed by atoms with Gasteiger partial charge in [0.2, 0.25) is 17.7 Å². The van der Waals surface area contributed by atoms with E-state index in [1.807, 2.05) is 4.90 Å². The standard InChI is InChI=1S/C15H26N4O3/c1-11(20)17-5-3-14(4-6-17)19-8-7-18(12(2)21)9-13(10-19)15(16)22/h13-14H,3-10H2,1-2H3,(H2,16,22). The summed E-state index contributed by atoms with van der Waals surface area (Å²) in [6.45, 7) is 7.04. The van der Waals surface area contributed by atoms with Crippen molar-refractivity contribution in [2.24, 2.45) is 11.7 Å². The zero-order chi connectivity index (χ0) is 16.3. The molecule has 22 heavy (non-hydrogen) atoms. The molecule has 0 aliphatic carbocycles. The molecule has 2 rings (SSSR count). The fraction of sp³-hybridized carbons (Fsp3) is 0.800. The van der Waals surface area contributed by atoms with Gasteiger partial charge < -0.3 is 15.5 Å². The summed E-state index contributed by atoms with van der Waals surface area (Å²) in [6.07, 6.45) is 1.82. The first-order valence-electron chi connectivity index (χ1n) is 7.93. The number of amides is 3. The molecule has 3 amide bonds. The first kappa shape index (κ1) is 16.7. The summed E-state index contributed by atoms with van der Waals surface area (Å²) in [5.41, 5.74) is 5.50. The number of piperidine rings is 1. The van der Waals surface area contributed by atoms with Crippen molar-refractivity contribution in [2.75, 3.05) is 39.3 Å². The highest BCUT2D eigenvalue weighted by Gasteiger charge is 2.32. The van der Waals surface area contributed by atoms with Gasteiger partial charge >= 0.3 is 0 Å². The van der Waals surface area contributed by atoms with Gasteiger partial charge in [0, 0.05) is 59.2 Å². The zero-order valence-corrected chi connectivity index (χ0v) is 13.5. The van der Waals surface area contributed by atoms with Crippen molar-refractivity contribution in [3.05, 3.63) is 0 Å². The molecule has 2 aliphatic heterocycles. The van der Waals surface area contributed by atoms with Crippen LogP contribution in [0.5, 0.6) is 0 Å². The summed E-state index contributed by atoms with van der Waals surface area (Å²) in [6, 6.07) is 0.351. The van der Waals surface area contributed by atoms with Gasteiger partial charge in [-0.1, -0.05) is 0 Å². The van der Waals surface area contributed by atoms with Crippen molar-refractivity contribution in [3.8, 4) is 0 Å². The van der Waals surface area contributed by atoms with E-state index in [-0.39, 0.29) is 23.6 Å². The largest absolute Gasteiger partial charge is 0.369 e. The number of carbonyl (C=O) groups is 3. The van der Waals surface area contributed by atoms with Crippen LogP contribution in [0, 0.1) is 5.92 Å². The molecule has 1 unspecified atom stereocenters. The summed E-state index contributed by atoms with van der Waals surface area (Å²) < 4.78 is 0. The van der Waals surface area contributed by atoms with E-state index >= 15 is 0 Å². The highest BCUT2D eigenvalue weighted by atomic mass is 16.2. The van der Waals surface area contributed by atoms with Gasteiger partial charge in [0.05, 0.1) is 5.92 Å². The Morgan fingerprint density at radius 1 is 0.864 bits per heavy atom. The van der Waals surface area contributed by atoms with Crippen LogP contribution in [0.4, 0.5) is 0 Å². The molecule has 0 aromatic rings. The molecule has 1 atom stereocenters. The van der Waals surface area contributed by atoms with Crippen LogP contribution in [-0.4, -0.2) is 77.7 Å². The van der Waals surface area contributed by atoms with Crippen LogP contribution in [0.3, 0.4) is 0 Å². The Balaban J connectivity index is 2.00. The molecule has 2 heterocycles. The molecule has 7 nitrogen and oxygen atoms in total. The summed E-state index contributed by atoms with van der Waals surface area (Å²) in [5, 5.41) is 0. The maximum Gasteiger partial charge on any atom is 0.223 e. The van der Waals surface area contributed by atoms with Gasteiger partial charge in [0.1, 0.15) is 0 Å². The second-order valence-corrected chi connectivity index (χ2v) is 6.30. The lowest BCUT2D eigenvalue weighted by Crippen LogP contribution is -2.48. The lowest BCUT2D eigenvalue weighted by molar-refractivity contribution is -0.131. The molecule has 0 aromatic heterocycles. The van der Waals surface area contributed by atoms with E-state index < -0.39 is 0 Å². The second-order valence-electron chi connectivity index (χ2n) is 6.30. The van der Waals surface area contributed by atoms with E-state index in [9.17, 15) is 14.4 Å². The van der Waals surface area contributed by atoms with Crippen molar-refractivity contribution in [1.82, 2.24) is 14.7 Å². The molecule has 0 spiro atoms. The average Bonchev–Trinajstić information content (AvgIpc) is 2.70. The average molecular weight is 310 g/mol. The number of nitrogens with zero attached hydrogens (tertiary/aromatic N) is 3. The van der Waals surface area contributed by atoms with Crippen LogP contribution in [0.2, 0.25) is 0 Å². The van der Waals surface area contributed by atoms with Crippen molar-refractivity contribution < 1.29 is 14.4 Å². The van der Waals surface area contributed by atoms with Crippen molar-refractivity contribution >= 4 is 17.7 Å². The van der Waals surface area contributed by atoms with E-state index in [0.29, 0.717) is 25.7 Å². The summed E-state index contributed by atoms with van der Waals surface area (Å²) in [5.74, 6) is -0.567. The predicted molar refractivity (Wildman–Crippen MR) is 81.8 cm³/mol. The number of hydrogen-bond acceptors (Lipinski definition) is 4. The SMILES string of the molecule is CC(=O)N1CCC(N2CCN(C(C)=O)CC(C(N)=O)C2)CC1. The van der Waals surface area contributed by atoms with Gasteiger partial charge in [-0.25, -0.2) is 0 Å². The highest BCUT2D eigenvalue weighted by molar-refractivity contribution is 5.79. The first-order chi connectivity index (χ1) is 10.4. The van der Waals surface area contributed by atoms with Crippen molar-refractivity contribution in [1.29, 1.82) is 0 Å². The van der Waals surface area contributed by atoms with Crippen LogP contribution in [-0.2, 0) is 14.4 Å². The van der Waals surface area contributed by atoms with Crippen LogP contribution >= 0.6 is 0 Å². The normalized spacial score (nSPS) is 24.9. The third kappa shape index (κ3) is 3.97. The van der Waals surface area contributed by atoms with Crippen LogP contribution in [0.15, 0.2) is 0 Å². The smallest absolute Gasteiger partial charge is 0.223 e. The van der Waals surface area contributed by atoms with Crippen molar-refractivity contribution in [3.63, 3.8) is 0 Å². The molecule has 2 N–H and O–H groups in total. The second kappa shape index (κ2) is 7.09. The molecule has 0 saturated carbocycles. The van der Waals surface area contributed by atoms with E-state index in [0.717, 1.165) is 32.5 Å². The molecule has 124 valence electrons. The predicted octanol–water partition coefficient (Wildman–Crippen LogP) is -0.737. The fourth-order valence-electron chi connectivity index (χ4n) is 3.38. The lowest BCUT2D eigenvalue weighted by Gasteiger charge is -2.38. The Morgan fingerprint density at radius 2 is 1.45 bits per heavy atom. The van der Waals surface area contributed by atoms with E-state index in [1.54, 1.807) is 11.8 Å². The van der Waals surface area contributed by atoms with Gasteiger partial charge in [-0.2, -0.15) is 0 Å².